The summed E-state index contributed by atoms with van der Waals surface area (Å²) in [6, 6.07) is 11.1. The summed E-state index contributed by atoms with van der Waals surface area (Å²) in [6.07, 6.45) is 18.4. The second-order valence-corrected chi connectivity index (χ2v) is 9.56. The second-order valence-electron chi connectivity index (χ2n) is 9.56. The molecular weight excluding hydrogens is 340 g/mol. The maximum atomic E-state index is 6.78. The second kappa shape index (κ2) is 10.6. The van der Waals surface area contributed by atoms with Gasteiger partial charge in [-0.2, -0.15) is 0 Å². The van der Waals surface area contributed by atoms with Crippen molar-refractivity contribution in [3.8, 4) is 0 Å². The van der Waals surface area contributed by atoms with Crippen molar-refractivity contribution in [2.24, 2.45) is 17.8 Å². The molecule has 0 spiro atoms. The largest absolute Gasteiger partial charge is 0.377 e. The van der Waals surface area contributed by atoms with E-state index in [2.05, 4.69) is 63.3 Å². The Morgan fingerprint density at radius 3 is 2.36 bits per heavy atom. The van der Waals surface area contributed by atoms with Gasteiger partial charge in [0.2, 0.25) is 0 Å². The third-order valence-electron chi connectivity index (χ3n) is 7.63. The lowest BCUT2D eigenvalue weighted by atomic mass is 9.73. The van der Waals surface area contributed by atoms with Crippen LogP contribution < -0.4 is 0 Å². The molecular formula is C27H42O. The molecule has 5 atom stereocenters. The number of benzene rings is 1. The van der Waals surface area contributed by atoms with Crippen molar-refractivity contribution in [1.82, 2.24) is 0 Å². The molecule has 2 bridgehead atoms. The first kappa shape index (κ1) is 21.6. The van der Waals surface area contributed by atoms with E-state index in [1.54, 1.807) is 0 Å². The van der Waals surface area contributed by atoms with Gasteiger partial charge in [-0.15, -0.1) is 0 Å². The van der Waals surface area contributed by atoms with Crippen LogP contribution in [0.2, 0.25) is 0 Å². The van der Waals surface area contributed by atoms with E-state index in [0.717, 1.165) is 30.8 Å². The molecule has 0 aromatic heterocycles. The Morgan fingerprint density at radius 2 is 1.71 bits per heavy atom. The highest BCUT2D eigenvalue weighted by Gasteiger charge is 2.39. The molecule has 0 amide bonds. The zero-order valence-electron chi connectivity index (χ0n) is 18.5. The average Bonchev–Trinajstić information content (AvgIpc) is 3.36. The fourth-order valence-electron chi connectivity index (χ4n) is 5.46. The van der Waals surface area contributed by atoms with Crippen LogP contribution in [0, 0.1) is 17.8 Å². The summed E-state index contributed by atoms with van der Waals surface area (Å²) < 4.78 is 6.78. The molecule has 0 saturated heterocycles. The van der Waals surface area contributed by atoms with E-state index in [0.29, 0.717) is 6.10 Å². The van der Waals surface area contributed by atoms with Gasteiger partial charge < -0.3 is 4.74 Å². The van der Waals surface area contributed by atoms with E-state index in [1.807, 2.05) is 0 Å². The van der Waals surface area contributed by atoms with Crippen LogP contribution in [0.4, 0.5) is 0 Å². The maximum absolute atomic E-state index is 6.78. The molecule has 2 aliphatic rings. The van der Waals surface area contributed by atoms with Crippen LogP contribution in [0.1, 0.15) is 90.5 Å². The van der Waals surface area contributed by atoms with Crippen molar-refractivity contribution in [1.29, 1.82) is 0 Å². The van der Waals surface area contributed by atoms with Crippen LogP contribution in [-0.4, -0.2) is 12.7 Å². The van der Waals surface area contributed by atoms with Crippen LogP contribution in [0.25, 0.3) is 0 Å². The molecule has 1 aromatic carbocycles. The van der Waals surface area contributed by atoms with Crippen molar-refractivity contribution in [3.63, 3.8) is 0 Å². The normalized spacial score (nSPS) is 26.5. The number of rotatable bonds is 13. The lowest BCUT2D eigenvalue weighted by Crippen LogP contribution is -2.39. The number of hydrogen-bond acceptors (Lipinski definition) is 1. The Labute approximate surface area is 174 Å². The summed E-state index contributed by atoms with van der Waals surface area (Å²) in [4.78, 5) is 0. The Hall–Kier alpha value is -1.08. The van der Waals surface area contributed by atoms with Crippen LogP contribution in [-0.2, 0) is 10.2 Å². The van der Waals surface area contributed by atoms with Crippen molar-refractivity contribution in [2.45, 2.75) is 96.5 Å². The molecule has 0 N–H and O–H groups in total. The first-order chi connectivity index (χ1) is 13.7. The molecule has 1 aromatic rings. The Balaban J connectivity index is 1.61. The van der Waals surface area contributed by atoms with Crippen LogP contribution in [0.5, 0.6) is 0 Å². The van der Waals surface area contributed by atoms with E-state index in [4.69, 9.17) is 4.74 Å². The first-order valence-electron chi connectivity index (χ1n) is 12.0. The summed E-state index contributed by atoms with van der Waals surface area (Å²) in [7, 11) is 0. The predicted molar refractivity (Wildman–Crippen MR) is 121 cm³/mol. The molecule has 1 nitrogen and oxygen atoms in total. The predicted octanol–water partition coefficient (Wildman–Crippen LogP) is 7.70. The summed E-state index contributed by atoms with van der Waals surface area (Å²) in [5.74, 6) is 2.37. The van der Waals surface area contributed by atoms with E-state index in [-0.39, 0.29) is 5.41 Å². The Kier molecular flexibility index (Phi) is 8.21. The molecule has 156 valence electrons. The van der Waals surface area contributed by atoms with Gasteiger partial charge in [-0.05, 0) is 49.0 Å². The fraction of sp³-hybridized carbons (Fsp3) is 0.704. The number of allylic oxidation sites excluding steroid dienone is 2. The average molecular weight is 383 g/mol. The van der Waals surface area contributed by atoms with Crippen molar-refractivity contribution in [3.05, 3.63) is 48.0 Å². The minimum Gasteiger partial charge on any atom is -0.377 e. The summed E-state index contributed by atoms with van der Waals surface area (Å²) in [6.45, 7) is 8.02. The Bertz CT molecular complexity index is 592. The highest BCUT2D eigenvalue weighted by molar-refractivity contribution is 5.26. The van der Waals surface area contributed by atoms with E-state index in [9.17, 15) is 0 Å². The molecule has 0 aliphatic heterocycles. The van der Waals surface area contributed by atoms with Crippen LogP contribution >= 0.6 is 0 Å². The van der Waals surface area contributed by atoms with E-state index in [1.165, 1.54) is 63.4 Å². The highest BCUT2D eigenvalue weighted by atomic mass is 16.5. The number of fused-ring (bicyclic) bond motifs is 2. The third-order valence-corrected chi connectivity index (χ3v) is 7.63. The van der Waals surface area contributed by atoms with Gasteiger partial charge in [-0.3, -0.25) is 0 Å². The zero-order chi connectivity index (χ0) is 19.8. The van der Waals surface area contributed by atoms with E-state index >= 15 is 0 Å². The number of hydrogen-bond donors (Lipinski definition) is 0. The van der Waals surface area contributed by atoms with Gasteiger partial charge in [0.25, 0.3) is 0 Å². The SMILES string of the molecule is CCCCCCCCC(OCC1CC2C=CC1C2)C(C)(CC)c1ccccc1. The van der Waals surface area contributed by atoms with Gasteiger partial charge in [0.1, 0.15) is 0 Å². The minimum atomic E-state index is 0.109. The molecule has 2 aliphatic carbocycles. The van der Waals surface area contributed by atoms with Crippen molar-refractivity contribution < 1.29 is 4.74 Å². The minimum absolute atomic E-state index is 0.109. The smallest absolute Gasteiger partial charge is 0.0669 e. The molecule has 28 heavy (non-hydrogen) atoms. The standard InChI is InChI=1S/C27H42O/c1-4-6-7-8-9-13-16-26(27(3,5-2)25-14-11-10-12-15-25)28-21-24-20-22-17-18-23(24)19-22/h10-12,14-15,17-18,22-24,26H,4-9,13,16,19-21H2,1-3H3. The van der Waals surface area contributed by atoms with Gasteiger partial charge in [0.15, 0.2) is 0 Å². The number of ether oxygens (including phenoxy) is 1. The monoisotopic (exact) mass is 382 g/mol. The third kappa shape index (κ3) is 5.29. The van der Waals surface area contributed by atoms with Crippen molar-refractivity contribution >= 4 is 0 Å². The molecule has 5 unspecified atom stereocenters. The summed E-state index contributed by atoms with van der Waals surface area (Å²) in [5, 5.41) is 0. The lowest BCUT2D eigenvalue weighted by molar-refractivity contribution is -0.0280. The van der Waals surface area contributed by atoms with Crippen LogP contribution in [0.15, 0.2) is 42.5 Å². The molecule has 1 saturated carbocycles. The molecule has 1 heteroatoms. The maximum Gasteiger partial charge on any atom is 0.0669 e. The molecule has 0 radical (unpaired) electrons. The van der Waals surface area contributed by atoms with Crippen LogP contribution in [0.3, 0.4) is 0 Å². The van der Waals surface area contributed by atoms with Gasteiger partial charge in [0.05, 0.1) is 12.7 Å². The summed E-state index contributed by atoms with van der Waals surface area (Å²) >= 11 is 0. The highest BCUT2D eigenvalue weighted by Crippen LogP contribution is 2.44. The van der Waals surface area contributed by atoms with Gasteiger partial charge in [-0.25, -0.2) is 0 Å². The first-order valence-corrected chi connectivity index (χ1v) is 12.0. The molecule has 1 fully saturated rings. The summed E-state index contributed by atoms with van der Waals surface area (Å²) in [5.41, 5.74) is 1.55. The topological polar surface area (TPSA) is 9.23 Å². The Morgan fingerprint density at radius 1 is 0.964 bits per heavy atom. The van der Waals surface area contributed by atoms with Gasteiger partial charge >= 0.3 is 0 Å². The fourth-order valence-corrected chi connectivity index (χ4v) is 5.46. The van der Waals surface area contributed by atoms with E-state index < -0.39 is 0 Å². The lowest BCUT2D eigenvalue weighted by Gasteiger charge is -2.38. The number of unbranched alkanes of at least 4 members (excludes halogenated alkanes) is 5. The van der Waals surface area contributed by atoms with Gasteiger partial charge in [-0.1, -0.05) is 102 Å². The molecule has 3 rings (SSSR count). The molecule has 0 heterocycles. The van der Waals surface area contributed by atoms with Gasteiger partial charge in [0, 0.05) is 5.41 Å². The quantitative estimate of drug-likeness (QED) is 0.251. The van der Waals surface area contributed by atoms with Crippen molar-refractivity contribution in [2.75, 3.05) is 6.61 Å². The zero-order valence-corrected chi connectivity index (χ0v) is 18.5.